The first kappa shape index (κ1) is 15.4. The first-order valence-corrected chi connectivity index (χ1v) is 7.48. The molecule has 2 heterocycles. The van der Waals surface area contributed by atoms with Gasteiger partial charge in [0.2, 0.25) is 0 Å². The van der Waals surface area contributed by atoms with E-state index in [2.05, 4.69) is 38.9 Å². The average molecular weight is 285 g/mol. The molecule has 0 aromatic carbocycles. The van der Waals surface area contributed by atoms with Crippen LogP contribution >= 0.6 is 0 Å². The van der Waals surface area contributed by atoms with E-state index in [4.69, 9.17) is 5.73 Å². The molecule has 0 aliphatic rings. The Balaban J connectivity index is 2.16. The first-order valence-electron chi connectivity index (χ1n) is 7.48. The van der Waals surface area contributed by atoms with Crippen LogP contribution in [0.5, 0.6) is 0 Å². The number of hydrogen-bond donors (Lipinski definition) is 1. The number of aromatic nitrogens is 3. The number of pyridine rings is 1. The van der Waals surface area contributed by atoms with E-state index in [1.807, 2.05) is 12.3 Å². The average Bonchev–Trinajstić information content (AvgIpc) is 2.53. The molecule has 5 heteroatoms. The predicted octanol–water partition coefficient (Wildman–Crippen LogP) is 2.18. The lowest BCUT2D eigenvalue weighted by Gasteiger charge is -2.23. The van der Waals surface area contributed by atoms with E-state index in [0.29, 0.717) is 6.54 Å². The van der Waals surface area contributed by atoms with Crippen molar-refractivity contribution < 1.29 is 0 Å². The number of aryl methyl sites for hydroxylation is 1. The SMILES string of the molecule is CCCc1cc(N(CCCN)Cc2cccnc2)ncn1. The van der Waals surface area contributed by atoms with Crippen LogP contribution in [0.15, 0.2) is 36.9 Å². The number of nitrogens with zero attached hydrogens (tertiary/aromatic N) is 4. The molecule has 2 rings (SSSR count). The third kappa shape index (κ3) is 4.79. The van der Waals surface area contributed by atoms with E-state index in [0.717, 1.165) is 43.9 Å². The molecule has 0 saturated heterocycles. The zero-order valence-electron chi connectivity index (χ0n) is 12.6. The van der Waals surface area contributed by atoms with E-state index in [-0.39, 0.29) is 0 Å². The quantitative estimate of drug-likeness (QED) is 0.805. The maximum atomic E-state index is 5.65. The highest BCUT2D eigenvalue weighted by Crippen LogP contribution is 2.15. The summed E-state index contributed by atoms with van der Waals surface area (Å²) in [6, 6.07) is 6.12. The third-order valence-electron chi connectivity index (χ3n) is 3.27. The molecular formula is C16H23N5. The van der Waals surface area contributed by atoms with Gasteiger partial charge in [0.1, 0.15) is 12.1 Å². The van der Waals surface area contributed by atoms with Gasteiger partial charge in [0.25, 0.3) is 0 Å². The molecule has 2 aromatic rings. The number of rotatable bonds is 8. The summed E-state index contributed by atoms with van der Waals surface area (Å²) >= 11 is 0. The minimum atomic E-state index is 0.677. The number of anilines is 1. The minimum absolute atomic E-state index is 0.677. The van der Waals surface area contributed by atoms with Crippen LogP contribution in [0.2, 0.25) is 0 Å². The van der Waals surface area contributed by atoms with Crippen molar-refractivity contribution in [3.8, 4) is 0 Å². The molecule has 2 aromatic heterocycles. The first-order chi connectivity index (χ1) is 10.3. The van der Waals surface area contributed by atoms with Gasteiger partial charge in [-0.25, -0.2) is 9.97 Å². The number of nitrogens with two attached hydrogens (primary N) is 1. The van der Waals surface area contributed by atoms with Gasteiger partial charge in [-0.2, -0.15) is 0 Å². The Morgan fingerprint density at radius 3 is 2.90 bits per heavy atom. The topological polar surface area (TPSA) is 67.9 Å². The monoisotopic (exact) mass is 285 g/mol. The maximum absolute atomic E-state index is 5.65. The van der Waals surface area contributed by atoms with Crippen molar-refractivity contribution >= 4 is 5.82 Å². The van der Waals surface area contributed by atoms with Crippen molar-refractivity contribution in [1.82, 2.24) is 15.0 Å². The highest BCUT2D eigenvalue weighted by Gasteiger charge is 2.09. The van der Waals surface area contributed by atoms with Gasteiger partial charge in [0, 0.05) is 37.2 Å². The molecule has 0 radical (unpaired) electrons. The largest absolute Gasteiger partial charge is 0.352 e. The molecule has 0 aliphatic heterocycles. The molecule has 2 N–H and O–H groups in total. The lowest BCUT2D eigenvalue weighted by atomic mass is 10.2. The smallest absolute Gasteiger partial charge is 0.132 e. The van der Waals surface area contributed by atoms with Gasteiger partial charge < -0.3 is 10.6 Å². The second-order valence-corrected chi connectivity index (χ2v) is 5.04. The molecule has 0 atom stereocenters. The highest BCUT2D eigenvalue weighted by atomic mass is 15.2. The lowest BCUT2D eigenvalue weighted by molar-refractivity contribution is 0.720. The van der Waals surface area contributed by atoms with Crippen molar-refractivity contribution in [2.24, 2.45) is 5.73 Å². The summed E-state index contributed by atoms with van der Waals surface area (Å²) in [5.74, 6) is 0.964. The molecule has 0 bridgehead atoms. The van der Waals surface area contributed by atoms with Crippen LogP contribution in [0.3, 0.4) is 0 Å². The molecular weight excluding hydrogens is 262 g/mol. The Bertz CT molecular complexity index is 529. The zero-order chi connectivity index (χ0) is 14.9. The molecule has 112 valence electrons. The van der Waals surface area contributed by atoms with Gasteiger partial charge in [-0.1, -0.05) is 19.4 Å². The Hall–Kier alpha value is -2.01. The van der Waals surface area contributed by atoms with Gasteiger partial charge in [-0.3, -0.25) is 4.98 Å². The van der Waals surface area contributed by atoms with Crippen molar-refractivity contribution in [1.29, 1.82) is 0 Å². The minimum Gasteiger partial charge on any atom is -0.352 e. The fourth-order valence-electron chi connectivity index (χ4n) is 2.22. The van der Waals surface area contributed by atoms with Gasteiger partial charge in [-0.15, -0.1) is 0 Å². The van der Waals surface area contributed by atoms with E-state index < -0.39 is 0 Å². The Morgan fingerprint density at radius 2 is 2.19 bits per heavy atom. The molecule has 0 fully saturated rings. The lowest BCUT2D eigenvalue weighted by Crippen LogP contribution is -2.26. The van der Waals surface area contributed by atoms with Crippen molar-refractivity contribution in [3.05, 3.63) is 48.2 Å². The van der Waals surface area contributed by atoms with Gasteiger partial charge in [-0.05, 0) is 31.0 Å². The van der Waals surface area contributed by atoms with Crippen molar-refractivity contribution in [2.75, 3.05) is 18.0 Å². The van der Waals surface area contributed by atoms with Crippen LogP contribution in [0.4, 0.5) is 5.82 Å². The van der Waals surface area contributed by atoms with Crippen LogP contribution in [-0.2, 0) is 13.0 Å². The summed E-state index contributed by atoms with van der Waals surface area (Å²) in [5.41, 5.74) is 7.91. The molecule has 21 heavy (non-hydrogen) atoms. The molecule has 0 aliphatic carbocycles. The third-order valence-corrected chi connectivity index (χ3v) is 3.27. The van der Waals surface area contributed by atoms with Crippen LogP contribution in [0.25, 0.3) is 0 Å². The van der Waals surface area contributed by atoms with Crippen LogP contribution in [0.1, 0.15) is 31.0 Å². The fraction of sp³-hybridized carbons (Fsp3) is 0.438. The standard InChI is InChI=1S/C16H23N5/c1-2-5-15-10-16(20-13-19-15)21(9-4-7-17)12-14-6-3-8-18-11-14/h3,6,8,10-11,13H,2,4-5,7,9,12,17H2,1H3. The summed E-state index contributed by atoms with van der Waals surface area (Å²) in [4.78, 5) is 15.2. The molecule has 0 saturated carbocycles. The zero-order valence-corrected chi connectivity index (χ0v) is 12.6. The highest BCUT2D eigenvalue weighted by molar-refractivity contribution is 5.40. The second kappa shape index (κ2) is 8.32. The summed E-state index contributed by atoms with van der Waals surface area (Å²) in [7, 11) is 0. The Kier molecular flexibility index (Phi) is 6.09. The van der Waals surface area contributed by atoms with Gasteiger partial charge in [0.05, 0.1) is 0 Å². The summed E-state index contributed by atoms with van der Waals surface area (Å²) in [5, 5.41) is 0. The van der Waals surface area contributed by atoms with Crippen LogP contribution in [0, 0.1) is 0 Å². The van der Waals surface area contributed by atoms with Gasteiger partial charge in [0.15, 0.2) is 0 Å². The Labute approximate surface area is 126 Å². The summed E-state index contributed by atoms with van der Waals surface area (Å²) in [6.07, 6.45) is 8.34. The van der Waals surface area contributed by atoms with E-state index in [1.165, 1.54) is 5.56 Å². The second-order valence-electron chi connectivity index (χ2n) is 5.04. The fourth-order valence-corrected chi connectivity index (χ4v) is 2.22. The molecule has 0 amide bonds. The van der Waals surface area contributed by atoms with E-state index in [9.17, 15) is 0 Å². The molecule has 0 spiro atoms. The van der Waals surface area contributed by atoms with Crippen LogP contribution < -0.4 is 10.6 Å². The van der Waals surface area contributed by atoms with Gasteiger partial charge >= 0.3 is 0 Å². The normalized spacial score (nSPS) is 10.6. The van der Waals surface area contributed by atoms with E-state index >= 15 is 0 Å². The maximum Gasteiger partial charge on any atom is 0.132 e. The predicted molar refractivity (Wildman–Crippen MR) is 85.0 cm³/mol. The van der Waals surface area contributed by atoms with Crippen molar-refractivity contribution in [3.63, 3.8) is 0 Å². The number of hydrogen-bond acceptors (Lipinski definition) is 5. The Morgan fingerprint density at radius 1 is 1.29 bits per heavy atom. The molecule has 5 nitrogen and oxygen atoms in total. The molecule has 0 unspecified atom stereocenters. The summed E-state index contributed by atoms with van der Waals surface area (Å²) < 4.78 is 0. The summed E-state index contributed by atoms with van der Waals surface area (Å²) in [6.45, 7) is 4.50. The van der Waals surface area contributed by atoms with Crippen molar-refractivity contribution in [2.45, 2.75) is 32.7 Å². The van der Waals surface area contributed by atoms with Crippen LogP contribution in [-0.4, -0.2) is 28.0 Å². The van der Waals surface area contributed by atoms with E-state index in [1.54, 1.807) is 12.5 Å².